The van der Waals surface area contributed by atoms with Crippen molar-refractivity contribution in [2.75, 3.05) is 46.2 Å². The first kappa shape index (κ1) is 116. The van der Waals surface area contributed by atoms with Crippen LogP contribution in [0.3, 0.4) is 0 Å². The number of aliphatic hydroxyl groups excluding tert-OH is 22. The van der Waals surface area contributed by atoms with Gasteiger partial charge in [-0.1, -0.05) is 84.4 Å². The van der Waals surface area contributed by atoms with Crippen molar-refractivity contribution in [3.63, 3.8) is 0 Å². The highest BCUT2D eigenvalue weighted by Gasteiger charge is 2.73. The molecule has 0 bridgehead atoms. The third-order valence-corrected chi connectivity index (χ3v) is 34.2. The predicted molar refractivity (Wildman–Crippen MR) is 490 cm³/mol. The molecule has 0 aromatic heterocycles. The van der Waals surface area contributed by atoms with Crippen molar-refractivity contribution in [3.8, 4) is 0 Å². The van der Waals surface area contributed by atoms with Crippen molar-refractivity contribution in [2.24, 2.45) is 50.2 Å². The van der Waals surface area contributed by atoms with Crippen LogP contribution < -0.4 is 0 Å². The van der Waals surface area contributed by atoms with E-state index in [4.69, 9.17) is 94.7 Å². The van der Waals surface area contributed by atoms with Crippen LogP contribution in [-0.2, 0) is 109 Å². The van der Waals surface area contributed by atoms with Crippen molar-refractivity contribution in [1.29, 1.82) is 0 Å². The number of hydrogen-bond acceptors (Lipinski definition) is 46. The van der Waals surface area contributed by atoms with Crippen LogP contribution in [0.25, 0.3) is 0 Å². The number of carbonyl (C=O) groups excluding carboxylic acids is 3. The Labute approximate surface area is 840 Å². The normalized spacial score (nSPS) is 49.0. The maximum absolute atomic E-state index is 16.5. The number of fused-ring (bicyclic) bond motifs is 7. The Balaban J connectivity index is 0.688. The molecule has 51 atom stereocenters. The highest BCUT2D eigenvalue weighted by atomic mass is 16.8. The van der Waals surface area contributed by atoms with Crippen molar-refractivity contribution in [2.45, 2.75) is 443 Å². The molecule has 9 aliphatic heterocycles. The first-order valence-corrected chi connectivity index (χ1v) is 50.4. The lowest BCUT2D eigenvalue weighted by molar-refractivity contribution is -0.381. The molecule has 145 heavy (non-hydrogen) atoms. The second-order valence-corrected chi connectivity index (χ2v) is 44.9. The maximum Gasteiger partial charge on any atom is 0.333 e. The second kappa shape index (κ2) is 45.9. The van der Waals surface area contributed by atoms with Gasteiger partial charge in [-0.2, -0.15) is 0 Å². The summed E-state index contributed by atoms with van der Waals surface area (Å²) in [6.07, 6.45) is -59.8. The maximum atomic E-state index is 16.5. The van der Waals surface area contributed by atoms with E-state index >= 15 is 4.79 Å². The number of aliphatic hydroxyl groups is 23. The molecule has 13 fully saturated rings. The van der Waals surface area contributed by atoms with Gasteiger partial charge in [0.15, 0.2) is 68.6 Å². The van der Waals surface area contributed by atoms with Crippen LogP contribution in [0.5, 0.6) is 0 Å². The van der Waals surface area contributed by atoms with Crippen molar-refractivity contribution in [3.05, 3.63) is 60.3 Å². The Morgan fingerprint density at radius 3 is 1.48 bits per heavy atom. The van der Waals surface area contributed by atoms with E-state index in [-0.39, 0.29) is 61.5 Å². The minimum Gasteiger partial charge on any atom is -0.451 e. The molecule has 0 amide bonds. The van der Waals surface area contributed by atoms with Gasteiger partial charge in [0.25, 0.3) is 0 Å². The van der Waals surface area contributed by atoms with E-state index < -0.39 is 372 Å². The van der Waals surface area contributed by atoms with Crippen LogP contribution in [0.2, 0.25) is 0 Å². The highest BCUT2D eigenvalue weighted by molar-refractivity contribution is 5.88. The van der Waals surface area contributed by atoms with Gasteiger partial charge < -0.3 is 212 Å². The molecule has 14 aliphatic rings. The quantitative estimate of drug-likeness (QED) is 0.00997. The number of esters is 3. The number of ether oxygens (including phenoxy) is 20. The monoisotopic (exact) mass is 2080 g/mol. The fourth-order valence-electron chi connectivity index (χ4n) is 24.6. The van der Waals surface area contributed by atoms with E-state index in [0.717, 1.165) is 5.57 Å². The summed E-state index contributed by atoms with van der Waals surface area (Å²) in [5.74, 6) is -3.91. The van der Waals surface area contributed by atoms with Gasteiger partial charge in [-0.25, -0.2) is 9.59 Å². The number of allylic oxidation sites excluding steroid dienone is 4. The Hall–Kier alpha value is -4.49. The highest BCUT2D eigenvalue weighted by Crippen LogP contribution is 2.76. The molecular weight excluding hydrogens is 1930 g/mol. The van der Waals surface area contributed by atoms with Gasteiger partial charge in [-0.3, -0.25) is 4.79 Å². The molecule has 14 rings (SSSR count). The molecule has 828 valence electrons. The van der Waals surface area contributed by atoms with Crippen LogP contribution in [-0.4, -0.2) is 451 Å². The molecule has 5 aliphatic carbocycles. The van der Waals surface area contributed by atoms with Gasteiger partial charge in [0.1, 0.15) is 164 Å². The molecule has 9 saturated heterocycles. The molecule has 0 spiro atoms. The average molecular weight is 2080 g/mol. The van der Waals surface area contributed by atoms with Crippen molar-refractivity contribution < 1.29 is 227 Å². The van der Waals surface area contributed by atoms with Crippen LogP contribution in [0, 0.1) is 50.2 Å². The van der Waals surface area contributed by atoms with Crippen LogP contribution in [0.4, 0.5) is 0 Å². The Kier molecular flexibility index (Phi) is 36.7. The van der Waals surface area contributed by atoms with Crippen molar-refractivity contribution in [1.82, 2.24) is 0 Å². The summed E-state index contributed by atoms with van der Waals surface area (Å²) in [6, 6.07) is 0. The zero-order valence-electron chi connectivity index (χ0n) is 84.1. The van der Waals surface area contributed by atoms with Crippen LogP contribution in [0.15, 0.2) is 60.3 Å². The number of rotatable bonds is 32. The smallest absolute Gasteiger partial charge is 0.333 e. The molecule has 0 aromatic rings. The lowest BCUT2D eigenvalue weighted by atomic mass is 9.33. The molecule has 23 N–H and O–H groups in total. The zero-order valence-corrected chi connectivity index (χ0v) is 84.1. The minimum atomic E-state index is -2.25. The molecule has 46 nitrogen and oxygen atoms in total. The summed E-state index contributed by atoms with van der Waals surface area (Å²) >= 11 is 0. The molecular formula is C99H156O46. The van der Waals surface area contributed by atoms with Crippen LogP contribution in [0.1, 0.15) is 173 Å². The van der Waals surface area contributed by atoms with E-state index in [1.807, 2.05) is 0 Å². The van der Waals surface area contributed by atoms with E-state index in [0.29, 0.717) is 44.9 Å². The summed E-state index contributed by atoms with van der Waals surface area (Å²) < 4.78 is 120. The number of carbonyl (C=O) groups is 3. The summed E-state index contributed by atoms with van der Waals surface area (Å²) in [4.78, 5) is 44.2. The van der Waals surface area contributed by atoms with Gasteiger partial charge in [0, 0.05) is 11.1 Å². The molecule has 0 unspecified atom stereocenters. The van der Waals surface area contributed by atoms with Crippen LogP contribution >= 0.6 is 0 Å². The molecule has 0 aromatic carbocycles. The molecule has 0 radical (unpaired) electrons. The Morgan fingerprint density at radius 1 is 0.428 bits per heavy atom. The lowest BCUT2D eigenvalue weighted by Crippen LogP contribution is -2.69. The summed E-state index contributed by atoms with van der Waals surface area (Å²) in [5, 5.41) is 259. The third-order valence-electron chi connectivity index (χ3n) is 34.2. The summed E-state index contributed by atoms with van der Waals surface area (Å²) in [6.45, 7) is 27.3. The SMILES string of the molecule is C=C[C@](C)(O)CC/C=C(\C)C(=O)O[C@H]1[C@H](O[C@@](C)(C=C)CC/C=C(\C)C(=O)O[C@H]2[C@H](OC[C@H]3O[C@@H](OC(=O)[C@]45CCC(C)(C)C[C@H]4C4=CC[C@@H]6[C@@]7(C)CC[C@H](O[C@@H]8O[C@H](CO[C@@H]9OC[C@H](O)[C@H](O)[C@H]9O[C@@H]9OC[C@@H](O)[C@H](O)[C@H]9O)[C@@H](O)[C@H](O)[C@H]8O)C(C)(C)[C@@H]7CC[C@@]6(C)[C@]4(C)C[C@H]5O)[C@H](O[C@@H]4O[C@@H](C)[C@H](O[C@@H]5OC[C@@H](O)[C@H](O[C@@H]6OC[C@@H](O)[C@H](O)[C@H]6O)[C@H]5O)[C@@H](O)[C@H]4O)[C@@H](O)[C@@H]3O)O[C@@H](C)[C@H](O)[C@H]2O)OC[C@H](O)[C@@H]1O. The number of hydrogen-bond donors (Lipinski definition) is 23. The summed E-state index contributed by atoms with van der Waals surface area (Å²) in [7, 11) is 0. The van der Waals surface area contributed by atoms with E-state index in [1.54, 1.807) is 13.8 Å². The Bertz CT molecular complexity index is 4470. The lowest BCUT2D eigenvalue weighted by Gasteiger charge is -2.71. The summed E-state index contributed by atoms with van der Waals surface area (Å²) in [5.41, 5.74) is -6.49. The topological polar surface area (TPSA) is 701 Å². The standard InChI is InChI=1S/C99H156O46/c1-16-94(11,125)26-18-20-41(3)80(122)138-77-62(110)50(103)37-130-89(77)145-95(12,17-2)27-19-21-42(4)81(123)139-78-66(114)58(106)43(5)133-88(78)132-40-53-64(112)67(115)79(143-85-72(120)68(116)74(44(6)134-85)140-84-73(121)75(51(104)38-128-84)141-82-69(117)59(107)47(100)34-126-82)90(136-53)144-91(124)99-31-30-92(7,8)32-46(99)45-22-23-55-96(13)28-25-57(93(9,10)54(96)24-29-97(55,14)98(45,15)33-56(99)105)137-86-71(119)65(113)63(111)52(135-86)39-131-87-76(61(109)49(102)36-129-87)142-83-70(118)60(108)48(101)35-127-83/h16-17,20-22,43-44,46-79,82-90,100-121,125H,1-2,18-19,23-40H2,3-15H3/b41-20+,42-21+/t43-,44-,46-,47+,48+,49-,50-,51+,52+,53+,54-,55+,56+,57-,58-,59-,60-,61-,62-,63+,64+,65-,66+,67-,68-,69+,70+,71+,72+,73+,74-,75-,76+,77+,78+,79+,82-,83-,84-,85-,86-,87-,88+,89-,90-,94-,95-,96-,97+,98+,99+/m0/s1. The third kappa shape index (κ3) is 23.3. The van der Waals surface area contributed by atoms with Gasteiger partial charge in [-0.05, 0) is 170 Å². The average Bonchev–Trinajstić information content (AvgIpc) is 0.668. The molecule has 9 heterocycles. The molecule has 46 heteroatoms. The second-order valence-electron chi connectivity index (χ2n) is 44.9. The molecule has 4 saturated carbocycles. The minimum absolute atomic E-state index is 0.0156. The van der Waals surface area contributed by atoms with Gasteiger partial charge in [-0.15, -0.1) is 13.2 Å². The first-order valence-electron chi connectivity index (χ1n) is 50.4. The first-order chi connectivity index (χ1) is 67.9. The van der Waals surface area contributed by atoms with Gasteiger partial charge in [0.05, 0.1) is 81.9 Å². The van der Waals surface area contributed by atoms with Gasteiger partial charge in [0.2, 0.25) is 6.29 Å². The van der Waals surface area contributed by atoms with Gasteiger partial charge >= 0.3 is 17.9 Å². The van der Waals surface area contributed by atoms with E-state index in [9.17, 15) is 127 Å². The zero-order chi connectivity index (χ0) is 106. The van der Waals surface area contributed by atoms with Crippen molar-refractivity contribution >= 4 is 17.9 Å². The van der Waals surface area contributed by atoms with E-state index in [2.05, 4.69) is 67.7 Å². The Morgan fingerprint density at radius 2 is 0.890 bits per heavy atom. The predicted octanol–water partition coefficient (Wildman–Crippen LogP) is -4.26. The van der Waals surface area contributed by atoms with E-state index in [1.165, 1.54) is 52.0 Å². The largest absolute Gasteiger partial charge is 0.451 e. The fourth-order valence-corrected chi connectivity index (χ4v) is 24.6. The fraction of sp³-hybridized carbons (Fsp3) is 0.869.